The molecule has 0 aliphatic carbocycles. The van der Waals surface area contributed by atoms with E-state index in [0.717, 1.165) is 20.8 Å². The smallest absolute Gasteiger partial charge is 0.248 e. The second-order valence-electron chi connectivity index (χ2n) is 4.07. The van der Waals surface area contributed by atoms with Crippen LogP contribution in [0.3, 0.4) is 0 Å². The summed E-state index contributed by atoms with van der Waals surface area (Å²) in [6.45, 7) is 0. The van der Waals surface area contributed by atoms with Crippen molar-refractivity contribution in [1.82, 2.24) is 4.98 Å². The Morgan fingerprint density at radius 3 is 2.58 bits per heavy atom. The summed E-state index contributed by atoms with van der Waals surface area (Å²) in [4.78, 5) is 15.6. The number of carbonyl (C=O) groups excluding carboxylic acids is 1. The van der Waals surface area contributed by atoms with Crippen LogP contribution in [0.25, 0.3) is 20.8 Å². The second kappa shape index (κ2) is 4.44. The van der Waals surface area contributed by atoms with Gasteiger partial charge in [-0.15, -0.1) is 11.3 Å². The minimum Gasteiger partial charge on any atom is -0.366 e. The summed E-state index contributed by atoms with van der Waals surface area (Å²) in [7, 11) is 0. The van der Waals surface area contributed by atoms with E-state index in [1.54, 1.807) is 30.3 Å². The minimum atomic E-state index is -0.460. The molecule has 0 radical (unpaired) electrons. The van der Waals surface area contributed by atoms with Gasteiger partial charge in [0.05, 0.1) is 10.2 Å². The van der Waals surface area contributed by atoms with Crippen molar-refractivity contribution in [3.05, 3.63) is 53.8 Å². The summed E-state index contributed by atoms with van der Waals surface area (Å²) in [5.41, 5.74) is 7.35. The van der Waals surface area contributed by atoms with Crippen LogP contribution in [0.4, 0.5) is 4.39 Å². The molecule has 0 saturated carbocycles. The molecule has 0 saturated heterocycles. The van der Waals surface area contributed by atoms with E-state index in [2.05, 4.69) is 4.98 Å². The molecule has 0 bridgehead atoms. The van der Waals surface area contributed by atoms with Gasteiger partial charge in [0, 0.05) is 11.1 Å². The van der Waals surface area contributed by atoms with Gasteiger partial charge in [0.15, 0.2) is 0 Å². The Kier molecular flexibility index (Phi) is 2.76. The first-order valence-electron chi connectivity index (χ1n) is 5.60. The highest BCUT2D eigenvalue weighted by atomic mass is 32.1. The first-order chi connectivity index (χ1) is 9.13. The zero-order valence-electron chi connectivity index (χ0n) is 9.76. The van der Waals surface area contributed by atoms with E-state index in [1.807, 2.05) is 0 Å². The molecule has 1 aromatic heterocycles. The number of aromatic nitrogens is 1. The number of carbonyl (C=O) groups is 1. The van der Waals surface area contributed by atoms with E-state index in [9.17, 15) is 9.18 Å². The number of benzene rings is 2. The van der Waals surface area contributed by atoms with Crippen LogP contribution in [-0.2, 0) is 0 Å². The predicted octanol–water partition coefficient (Wildman–Crippen LogP) is 3.20. The predicted molar refractivity (Wildman–Crippen MR) is 73.5 cm³/mol. The molecule has 3 aromatic rings. The average Bonchev–Trinajstić information content (AvgIpc) is 2.82. The molecule has 2 N–H and O–H groups in total. The SMILES string of the molecule is NC(=O)c1ccc2nc(-c3ccc(F)cc3)sc2c1. The molecule has 3 nitrogen and oxygen atoms in total. The Labute approximate surface area is 112 Å². The van der Waals surface area contributed by atoms with Crippen LogP contribution >= 0.6 is 11.3 Å². The van der Waals surface area contributed by atoms with Gasteiger partial charge in [-0.05, 0) is 42.5 Å². The number of primary amides is 1. The lowest BCUT2D eigenvalue weighted by atomic mass is 10.2. The topological polar surface area (TPSA) is 56.0 Å². The normalized spacial score (nSPS) is 10.8. The number of hydrogen-bond acceptors (Lipinski definition) is 3. The number of fused-ring (bicyclic) bond motifs is 1. The van der Waals surface area contributed by atoms with Gasteiger partial charge >= 0.3 is 0 Å². The number of nitrogens with zero attached hydrogens (tertiary/aromatic N) is 1. The monoisotopic (exact) mass is 272 g/mol. The molecule has 19 heavy (non-hydrogen) atoms. The number of rotatable bonds is 2. The molecule has 0 aliphatic heterocycles. The molecule has 2 aromatic carbocycles. The van der Waals surface area contributed by atoms with Crippen LogP contribution < -0.4 is 5.73 Å². The van der Waals surface area contributed by atoms with Gasteiger partial charge in [-0.3, -0.25) is 4.79 Å². The van der Waals surface area contributed by atoms with Gasteiger partial charge in [0.25, 0.3) is 0 Å². The Morgan fingerprint density at radius 2 is 1.89 bits per heavy atom. The third kappa shape index (κ3) is 2.20. The van der Waals surface area contributed by atoms with Crippen LogP contribution in [0.2, 0.25) is 0 Å². The van der Waals surface area contributed by atoms with E-state index < -0.39 is 5.91 Å². The maximum Gasteiger partial charge on any atom is 0.248 e. The molecule has 0 atom stereocenters. The van der Waals surface area contributed by atoms with Crippen LogP contribution in [0.1, 0.15) is 10.4 Å². The highest BCUT2D eigenvalue weighted by Crippen LogP contribution is 2.30. The molecule has 0 aliphatic rings. The highest BCUT2D eigenvalue weighted by molar-refractivity contribution is 7.21. The third-order valence-electron chi connectivity index (χ3n) is 2.76. The third-order valence-corrected chi connectivity index (χ3v) is 3.83. The van der Waals surface area contributed by atoms with E-state index in [-0.39, 0.29) is 5.82 Å². The number of hydrogen-bond donors (Lipinski definition) is 1. The van der Waals surface area contributed by atoms with E-state index >= 15 is 0 Å². The molecule has 5 heteroatoms. The lowest BCUT2D eigenvalue weighted by molar-refractivity contribution is 0.100. The Hall–Kier alpha value is -2.27. The van der Waals surface area contributed by atoms with Crippen LogP contribution in [0.15, 0.2) is 42.5 Å². The van der Waals surface area contributed by atoms with Crippen molar-refractivity contribution in [3.8, 4) is 10.6 Å². The molecule has 1 amide bonds. The maximum absolute atomic E-state index is 12.9. The van der Waals surface area contributed by atoms with Gasteiger partial charge in [-0.2, -0.15) is 0 Å². The van der Waals surface area contributed by atoms with Crippen LogP contribution in [0.5, 0.6) is 0 Å². The fourth-order valence-corrected chi connectivity index (χ4v) is 2.80. The lowest BCUT2D eigenvalue weighted by Crippen LogP contribution is -2.10. The van der Waals surface area contributed by atoms with Gasteiger partial charge in [0.1, 0.15) is 10.8 Å². The van der Waals surface area contributed by atoms with Crippen molar-refractivity contribution in [3.63, 3.8) is 0 Å². The molecular formula is C14H9FN2OS. The summed E-state index contributed by atoms with van der Waals surface area (Å²) in [6.07, 6.45) is 0. The minimum absolute atomic E-state index is 0.277. The van der Waals surface area contributed by atoms with Gasteiger partial charge in [-0.1, -0.05) is 0 Å². The largest absolute Gasteiger partial charge is 0.366 e. The molecule has 0 fully saturated rings. The Morgan fingerprint density at radius 1 is 1.16 bits per heavy atom. The lowest BCUT2D eigenvalue weighted by Gasteiger charge is -1.94. The quantitative estimate of drug-likeness (QED) is 0.778. The van der Waals surface area contributed by atoms with Gasteiger partial charge in [0.2, 0.25) is 5.91 Å². The standard InChI is InChI=1S/C14H9FN2OS/c15-10-4-1-8(2-5-10)14-17-11-6-3-9(13(16)18)7-12(11)19-14/h1-7H,(H2,16,18). The molecule has 0 spiro atoms. The van der Waals surface area contributed by atoms with Gasteiger partial charge in [-0.25, -0.2) is 9.37 Å². The number of nitrogens with two attached hydrogens (primary N) is 1. The highest BCUT2D eigenvalue weighted by Gasteiger charge is 2.08. The maximum atomic E-state index is 12.9. The average molecular weight is 272 g/mol. The zero-order valence-corrected chi connectivity index (χ0v) is 10.6. The summed E-state index contributed by atoms with van der Waals surface area (Å²) < 4.78 is 13.8. The van der Waals surface area contributed by atoms with E-state index in [1.165, 1.54) is 23.5 Å². The van der Waals surface area contributed by atoms with Crippen LogP contribution in [-0.4, -0.2) is 10.9 Å². The first-order valence-corrected chi connectivity index (χ1v) is 6.41. The second-order valence-corrected chi connectivity index (χ2v) is 5.10. The molecule has 94 valence electrons. The fraction of sp³-hybridized carbons (Fsp3) is 0. The molecular weight excluding hydrogens is 263 g/mol. The number of halogens is 1. The van der Waals surface area contributed by atoms with Crippen molar-refractivity contribution in [2.75, 3.05) is 0 Å². The Balaban J connectivity index is 2.11. The van der Waals surface area contributed by atoms with Crippen molar-refractivity contribution in [1.29, 1.82) is 0 Å². The summed E-state index contributed by atoms with van der Waals surface area (Å²) in [6, 6.07) is 11.3. The van der Waals surface area contributed by atoms with Crippen molar-refractivity contribution >= 4 is 27.5 Å². The van der Waals surface area contributed by atoms with Crippen molar-refractivity contribution < 1.29 is 9.18 Å². The zero-order chi connectivity index (χ0) is 13.4. The first kappa shape index (κ1) is 11.8. The number of amides is 1. The van der Waals surface area contributed by atoms with E-state index in [0.29, 0.717) is 5.56 Å². The van der Waals surface area contributed by atoms with Gasteiger partial charge < -0.3 is 5.73 Å². The summed E-state index contributed by atoms with van der Waals surface area (Å²) >= 11 is 1.45. The Bertz CT molecular complexity index is 765. The molecule has 1 heterocycles. The van der Waals surface area contributed by atoms with Crippen molar-refractivity contribution in [2.24, 2.45) is 5.73 Å². The number of thiazole rings is 1. The van der Waals surface area contributed by atoms with E-state index in [4.69, 9.17) is 5.73 Å². The fourth-order valence-electron chi connectivity index (χ4n) is 1.79. The summed E-state index contributed by atoms with van der Waals surface area (Å²) in [5.74, 6) is -0.737. The van der Waals surface area contributed by atoms with Crippen LogP contribution in [0, 0.1) is 5.82 Å². The molecule has 3 rings (SSSR count). The molecule has 0 unspecified atom stereocenters. The van der Waals surface area contributed by atoms with Crippen molar-refractivity contribution in [2.45, 2.75) is 0 Å². The summed E-state index contributed by atoms with van der Waals surface area (Å²) in [5, 5.41) is 0.789.